The highest BCUT2D eigenvalue weighted by atomic mass is 32.2. The van der Waals surface area contributed by atoms with E-state index in [1.807, 2.05) is 0 Å². The number of fused-ring (bicyclic) bond motifs is 1. The van der Waals surface area contributed by atoms with E-state index in [1.165, 1.54) is 39.4 Å². The van der Waals surface area contributed by atoms with E-state index >= 15 is 0 Å². The van der Waals surface area contributed by atoms with Crippen molar-refractivity contribution in [1.82, 2.24) is 23.9 Å². The maximum atomic E-state index is 14.5. The number of pyridine rings is 1. The SMILES string of the molecule is O=S(=O)(C1CC1)N1CC[C@@H](Nc2ncc3c(F)cc(-c4ccc(CC(F)F)cn4)n3n2)[C@H](O)C1. The number of hydrogen-bond acceptors (Lipinski definition) is 7. The van der Waals surface area contributed by atoms with Gasteiger partial charge in [-0.3, -0.25) is 4.98 Å². The van der Waals surface area contributed by atoms with Crippen molar-refractivity contribution in [3.63, 3.8) is 0 Å². The molecular weight excluding hydrogens is 473 g/mol. The molecule has 13 heteroatoms. The van der Waals surface area contributed by atoms with Crippen LogP contribution >= 0.6 is 0 Å². The van der Waals surface area contributed by atoms with Gasteiger partial charge < -0.3 is 10.4 Å². The highest BCUT2D eigenvalue weighted by molar-refractivity contribution is 7.90. The Morgan fingerprint density at radius 1 is 1.18 bits per heavy atom. The van der Waals surface area contributed by atoms with Crippen molar-refractivity contribution in [3.05, 3.63) is 42.0 Å². The lowest BCUT2D eigenvalue weighted by Gasteiger charge is -2.35. The van der Waals surface area contributed by atoms with Crippen LogP contribution in [0.5, 0.6) is 0 Å². The number of nitrogens with one attached hydrogen (secondary N) is 1. The summed E-state index contributed by atoms with van der Waals surface area (Å²) in [5, 5.41) is 17.6. The third kappa shape index (κ3) is 4.46. The lowest BCUT2D eigenvalue weighted by molar-refractivity contribution is 0.0946. The summed E-state index contributed by atoms with van der Waals surface area (Å²) in [6.45, 7) is 0.255. The maximum Gasteiger partial charge on any atom is 0.242 e. The van der Waals surface area contributed by atoms with Crippen LogP contribution in [0, 0.1) is 5.82 Å². The number of hydrogen-bond donors (Lipinski definition) is 2. The second kappa shape index (κ2) is 8.78. The van der Waals surface area contributed by atoms with Gasteiger partial charge in [-0.2, -0.15) is 4.31 Å². The third-order valence-electron chi connectivity index (χ3n) is 6.11. The summed E-state index contributed by atoms with van der Waals surface area (Å²) in [6, 6.07) is 3.78. The molecule has 1 aliphatic carbocycles. The summed E-state index contributed by atoms with van der Waals surface area (Å²) in [6.07, 6.45) is 0.402. The van der Waals surface area contributed by atoms with Gasteiger partial charge in [0.2, 0.25) is 22.4 Å². The van der Waals surface area contributed by atoms with Gasteiger partial charge in [0.05, 0.1) is 35.0 Å². The number of aliphatic hydroxyl groups excluding tert-OH is 1. The van der Waals surface area contributed by atoms with Gasteiger partial charge in [0.1, 0.15) is 5.52 Å². The van der Waals surface area contributed by atoms with Gasteiger partial charge in [-0.15, -0.1) is 5.10 Å². The molecule has 1 saturated heterocycles. The molecule has 5 rings (SSSR count). The van der Waals surface area contributed by atoms with Crippen LogP contribution in [0.4, 0.5) is 19.1 Å². The molecule has 2 atom stereocenters. The predicted molar refractivity (Wildman–Crippen MR) is 117 cm³/mol. The first-order valence-corrected chi connectivity index (χ1v) is 12.4. The summed E-state index contributed by atoms with van der Waals surface area (Å²) in [5.41, 5.74) is 1.12. The molecule has 2 aliphatic rings. The maximum absolute atomic E-state index is 14.5. The Morgan fingerprint density at radius 3 is 2.62 bits per heavy atom. The fourth-order valence-corrected chi connectivity index (χ4v) is 5.99. The molecule has 1 aliphatic heterocycles. The van der Waals surface area contributed by atoms with Crippen LogP contribution in [-0.2, 0) is 16.4 Å². The minimum atomic E-state index is -3.37. The van der Waals surface area contributed by atoms with Crippen molar-refractivity contribution in [2.24, 2.45) is 0 Å². The van der Waals surface area contributed by atoms with E-state index in [9.17, 15) is 26.7 Å². The lowest BCUT2D eigenvalue weighted by atomic mass is 10.0. The number of aliphatic hydroxyl groups is 1. The number of alkyl halides is 2. The molecule has 0 aromatic carbocycles. The van der Waals surface area contributed by atoms with Crippen molar-refractivity contribution >= 4 is 21.5 Å². The Balaban J connectivity index is 1.35. The first-order chi connectivity index (χ1) is 16.2. The first kappa shape index (κ1) is 23.0. The zero-order chi connectivity index (χ0) is 24.0. The molecule has 9 nitrogen and oxygen atoms in total. The number of piperidine rings is 1. The van der Waals surface area contributed by atoms with E-state index in [4.69, 9.17) is 0 Å². The summed E-state index contributed by atoms with van der Waals surface area (Å²) >= 11 is 0. The second-order valence-corrected chi connectivity index (χ2v) is 10.8. The average molecular weight is 497 g/mol. The average Bonchev–Trinajstić information content (AvgIpc) is 3.61. The normalized spacial score (nSPS) is 21.9. The number of anilines is 1. The molecular formula is C21H23F3N6O3S. The summed E-state index contributed by atoms with van der Waals surface area (Å²) in [5.74, 6) is -0.445. The topological polar surface area (TPSA) is 113 Å². The van der Waals surface area contributed by atoms with Gasteiger partial charge in [0.25, 0.3) is 0 Å². The highest BCUT2D eigenvalue weighted by Gasteiger charge is 2.43. The Bertz CT molecular complexity index is 1300. The molecule has 4 heterocycles. The van der Waals surface area contributed by atoms with Crippen LogP contribution in [0.25, 0.3) is 16.9 Å². The number of aromatic nitrogens is 4. The number of rotatable bonds is 7. The van der Waals surface area contributed by atoms with Crippen LogP contribution < -0.4 is 5.32 Å². The van der Waals surface area contributed by atoms with E-state index in [1.54, 1.807) is 0 Å². The quantitative estimate of drug-likeness (QED) is 0.515. The van der Waals surface area contributed by atoms with Crippen molar-refractivity contribution in [3.8, 4) is 11.4 Å². The molecule has 34 heavy (non-hydrogen) atoms. The van der Waals surface area contributed by atoms with Crippen molar-refractivity contribution < 1.29 is 26.7 Å². The van der Waals surface area contributed by atoms with Crippen LogP contribution in [-0.4, -0.2) is 74.3 Å². The largest absolute Gasteiger partial charge is 0.390 e. The van der Waals surface area contributed by atoms with E-state index in [0.717, 1.165) is 0 Å². The first-order valence-electron chi connectivity index (χ1n) is 10.9. The summed E-state index contributed by atoms with van der Waals surface area (Å²) in [4.78, 5) is 8.30. The molecule has 182 valence electrons. The van der Waals surface area contributed by atoms with E-state index in [2.05, 4.69) is 20.4 Å². The second-order valence-electron chi connectivity index (χ2n) is 8.61. The highest BCUT2D eigenvalue weighted by Crippen LogP contribution is 2.32. The Labute approximate surface area is 193 Å². The molecule has 1 saturated carbocycles. The van der Waals surface area contributed by atoms with Gasteiger partial charge in [-0.1, -0.05) is 6.07 Å². The number of halogens is 3. The molecule has 0 amide bonds. The molecule has 0 bridgehead atoms. The number of β-amino-alcohol motifs (C(OH)–C–C–N with tert-alkyl or cyclic N) is 1. The third-order valence-corrected chi connectivity index (χ3v) is 8.48. The lowest BCUT2D eigenvalue weighted by Crippen LogP contribution is -2.52. The van der Waals surface area contributed by atoms with Gasteiger partial charge in [0, 0.05) is 31.8 Å². The van der Waals surface area contributed by atoms with Crippen molar-refractivity contribution in [2.45, 2.75) is 49.5 Å². The van der Waals surface area contributed by atoms with Gasteiger partial charge >= 0.3 is 0 Å². The predicted octanol–water partition coefficient (Wildman–Crippen LogP) is 2.08. The van der Waals surface area contributed by atoms with E-state index < -0.39 is 40.8 Å². The number of sulfonamides is 1. The molecule has 0 unspecified atom stereocenters. The Morgan fingerprint density at radius 2 is 1.97 bits per heavy atom. The van der Waals surface area contributed by atoms with Crippen LogP contribution in [0.15, 0.2) is 30.6 Å². The minimum absolute atomic E-state index is 0.0168. The monoisotopic (exact) mass is 496 g/mol. The molecule has 3 aromatic rings. The van der Waals surface area contributed by atoms with Crippen LogP contribution in [0.1, 0.15) is 24.8 Å². The van der Waals surface area contributed by atoms with Crippen LogP contribution in [0.2, 0.25) is 0 Å². The Hall–Kier alpha value is -2.77. The zero-order valence-corrected chi connectivity index (χ0v) is 18.8. The molecule has 2 N–H and O–H groups in total. The molecule has 2 fully saturated rings. The van der Waals surface area contributed by atoms with Gasteiger partial charge in [-0.25, -0.2) is 31.1 Å². The van der Waals surface area contributed by atoms with Crippen molar-refractivity contribution in [2.75, 3.05) is 18.4 Å². The summed E-state index contributed by atoms with van der Waals surface area (Å²) in [7, 11) is -3.37. The van der Waals surface area contributed by atoms with Gasteiger partial charge in [-0.05, 0) is 30.9 Å². The molecule has 0 radical (unpaired) electrons. The molecule has 3 aromatic heterocycles. The van der Waals surface area contributed by atoms with Gasteiger partial charge in [0.15, 0.2) is 5.82 Å². The minimum Gasteiger partial charge on any atom is -0.390 e. The smallest absolute Gasteiger partial charge is 0.242 e. The fourth-order valence-electron chi connectivity index (χ4n) is 4.12. The van der Waals surface area contributed by atoms with E-state index in [-0.39, 0.29) is 29.8 Å². The van der Waals surface area contributed by atoms with E-state index in [0.29, 0.717) is 36.2 Å². The zero-order valence-electron chi connectivity index (χ0n) is 18.0. The number of nitrogens with zero attached hydrogens (tertiary/aromatic N) is 5. The van der Waals surface area contributed by atoms with Crippen LogP contribution in [0.3, 0.4) is 0 Å². The molecule has 0 spiro atoms. The Kier molecular flexibility index (Phi) is 5.94. The van der Waals surface area contributed by atoms with Crippen molar-refractivity contribution in [1.29, 1.82) is 0 Å². The standard InChI is InChI=1S/C21H23F3N6O3S/c22-14-8-17(15-4-1-12(9-25-15)7-20(23)24)30-18(14)10-26-21(28-30)27-16-5-6-29(11-19(16)31)34(32,33)13-2-3-13/h1,4,8-10,13,16,19-20,31H,2-3,5-7,11H2,(H,27,28)/t16-,19-/m1/s1. The fraction of sp³-hybridized carbons (Fsp3) is 0.476. The summed E-state index contributed by atoms with van der Waals surface area (Å²) < 4.78 is 67.2.